The van der Waals surface area contributed by atoms with Crippen LogP contribution in [0.25, 0.3) is 6.08 Å². The van der Waals surface area contributed by atoms with Gasteiger partial charge in [0.1, 0.15) is 10.5 Å². The molecule has 0 saturated carbocycles. The minimum Gasteiger partial charge on any atom is -0.377 e. The number of nitrogens with zero attached hydrogens (tertiary/aromatic N) is 2. The summed E-state index contributed by atoms with van der Waals surface area (Å²) in [4.78, 5) is 42.1. The molecule has 10 heteroatoms. The van der Waals surface area contributed by atoms with Crippen molar-refractivity contribution in [2.45, 2.75) is 4.90 Å². The number of barbiturate groups is 1. The molecule has 1 aliphatic heterocycles. The number of imide groups is 2. The third kappa shape index (κ3) is 5.18. The third-order valence-corrected chi connectivity index (χ3v) is 7.32. The Morgan fingerprint density at radius 1 is 0.667 bits per heavy atom. The van der Waals surface area contributed by atoms with Crippen LogP contribution in [-0.4, -0.2) is 26.3 Å². The van der Waals surface area contributed by atoms with Crippen molar-refractivity contribution < 1.29 is 27.0 Å². The van der Waals surface area contributed by atoms with Crippen molar-refractivity contribution >= 4 is 57.0 Å². The van der Waals surface area contributed by atoms with Crippen LogP contribution >= 0.6 is 11.6 Å². The predicted octanol–water partition coefficient (Wildman–Crippen LogP) is 5.69. The Morgan fingerprint density at radius 2 is 1.15 bits per heavy atom. The molecule has 0 N–H and O–H groups in total. The number of rotatable bonds is 6. The van der Waals surface area contributed by atoms with E-state index in [9.17, 15) is 22.8 Å². The van der Waals surface area contributed by atoms with Crippen LogP contribution < -0.4 is 14.0 Å². The summed E-state index contributed by atoms with van der Waals surface area (Å²) in [6, 6.07) is 27.4. The van der Waals surface area contributed by atoms with Crippen LogP contribution in [0, 0.1) is 0 Å². The van der Waals surface area contributed by atoms with Crippen LogP contribution in [0.3, 0.4) is 0 Å². The smallest absolute Gasteiger partial charge is 0.343 e. The van der Waals surface area contributed by atoms with Gasteiger partial charge >= 0.3 is 16.1 Å². The summed E-state index contributed by atoms with van der Waals surface area (Å²) >= 11 is 6.32. The molecular formula is C29H19ClN2O6S. The molecule has 8 nitrogen and oxygen atoms in total. The molecule has 0 aliphatic carbocycles. The van der Waals surface area contributed by atoms with Crippen molar-refractivity contribution in [3.63, 3.8) is 0 Å². The van der Waals surface area contributed by atoms with E-state index in [1.165, 1.54) is 36.4 Å². The SMILES string of the molecule is O=C1C(=Cc2ccc(OS(=O)(=O)c3ccccc3)c(Cl)c2)C(=O)N(c2ccccc2)C(=O)N1c1ccccc1. The van der Waals surface area contributed by atoms with Crippen LogP contribution in [0.15, 0.2) is 120 Å². The number of hydrogen-bond acceptors (Lipinski definition) is 6. The minimum atomic E-state index is -4.13. The molecule has 0 atom stereocenters. The van der Waals surface area contributed by atoms with Gasteiger partial charge in [-0.2, -0.15) is 8.42 Å². The van der Waals surface area contributed by atoms with Crippen LogP contribution in [-0.2, 0) is 19.7 Å². The first-order valence-electron chi connectivity index (χ1n) is 11.6. The van der Waals surface area contributed by atoms with Gasteiger partial charge < -0.3 is 4.18 Å². The lowest BCUT2D eigenvalue weighted by Gasteiger charge is -2.33. The average Bonchev–Trinajstić information content (AvgIpc) is 2.94. The van der Waals surface area contributed by atoms with Crippen molar-refractivity contribution in [3.8, 4) is 5.75 Å². The van der Waals surface area contributed by atoms with Gasteiger partial charge in [-0.25, -0.2) is 14.6 Å². The zero-order chi connectivity index (χ0) is 27.6. The fourth-order valence-electron chi connectivity index (χ4n) is 3.93. The summed E-state index contributed by atoms with van der Waals surface area (Å²) in [5, 5.41) is -0.0597. The van der Waals surface area contributed by atoms with Gasteiger partial charge in [0.25, 0.3) is 11.8 Å². The lowest BCUT2D eigenvalue weighted by atomic mass is 10.0. The fourth-order valence-corrected chi connectivity index (χ4v) is 5.18. The van der Waals surface area contributed by atoms with Crippen molar-refractivity contribution in [2.75, 3.05) is 9.80 Å². The standard InChI is InChI=1S/C29H19ClN2O6S/c30-25-19-20(16-17-26(25)38-39(36,37)23-14-8-3-9-15-23)18-24-27(33)31(21-10-4-1-5-11-21)29(35)32(28(24)34)22-12-6-2-7-13-22/h1-19H. The third-order valence-electron chi connectivity index (χ3n) is 5.78. The zero-order valence-corrected chi connectivity index (χ0v) is 21.7. The second kappa shape index (κ2) is 10.6. The van der Waals surface area contributed by atoms with Gasteiger partial charge in [-0.15, -0.1) is 0 Å². The maximum atomic E-state index is 13.5. The highest BCUT2D eigenvalue weighted by Gasteiger charge is 2.43. The van der Waals surface area contributed by atoms with Crippen molar-refractivity contribution in [1.82, 2.24) is 0 Å². The Kier molecular flexibility index (Phi) is 7.02. The number of benzene rings is 4. The number of carbonyl (C=O) groups is 3. The normalized spacial score (nSPS) is 14.0. The van der Waals surface area contributed by atoms with Crippen LogP contribution in [0.2, 0.25) is 5.02 Å². The van der Waals surface area contributed by atoms with E-state index in [1.54, 1.807) is 78.9 Å². The van der Waals surface area contributed by atoms with E-state index in [4.69, 9.17) is 15.8 Å². The average molecular weight is 559 g/mol. The van der Waals surface area contributed by atoms with Gasteiger partial charge in [0.2, 0.25) is 0 Å². The summed E-state index contributed by atoms with van der Waals surface area (Å²) in [7, 11) is -4.13. The molecule has 39 heavy (non-hydrogen) atoms. The molecule has 4 amide bonds. The summed E-state index contributed by atoms with van der Waals surface area (Å²) < 4.78 is 30.4. The van der Waals surface area contributed by atoms with Crippen LogP contribution in [0.1, 0.15) is 5.56 Å². The van der Waals surface area contributed by atoms with Crippen molar-refractivity contribution in [1.29, 1.82) is 0 Å². The first-order valence-corrected chi connectivity index (χ1v) is 13.4. The molecule has 1 fully saturated rings. The Labute approximate surface area is 229 Å². The number of anilines is 2. The van der Waals surface area contributed by atoms with E-state index in [1.807, 2.05) is 0 Å². The Balaban J connectivity index is 1.53. The predicted molar refractivity (Wildman–Crippen MR) is 147 cm³/mol. The van der Waals surface area contributed by atoms with E-state index >= 15 is 0 Å². The lowest BCUT2D eigenvalue weighted by molar-refractivity contribution is -0.121. The number of urea groups is 1. The molecule has 1 saturated heterocycles. The molecule has 4 aromatic carbocycles. The molecule has 4 aromatic rings. The Hall–Kier alpha value is -4.73. The number of amides is 4. The Bertz CT molecular complexity index is 1650. The molecule has 1 aliphatic rings. The number of carbonyl (C=O) groups excluding carboxylic acids is 3. The van der Waals surface area contributed by atoms with Gasteiger partial charge in [0.15, 0.2) is 5.75 Å². The maximum Gasteiger partial charge on any atom is 0.343 e. The van der Waals surface area contributed by atoms with Gasteiger partial charge in [-0.3, -0.25) is 9.59 Å². The highest BCUT2D eigenvalue weighted by Crippen LogP contribution is 2.32. The van der Waals surface area contributed by atoms with Crippen molar-refractivity contribution in [3.05, 3.63) is 125 Å². The monoisotopic (exact) mass is 558 g/mol. The highest BCUT2D eigenvalue weighted by atomic mass is 35.5. The summed E-state index contributed by atoms with van der Waals surface area (Å²) in [6.45, 7) is 0. The zero-order valence-electron chi connectivity index (χ0n) is 20.1. The lowest BCUT2D eigenvalue weighted by Crippen LogP contribution is -2.57. The van der Waals surface area contributed by atoms with Gasteiger partial charge in [-0.1, -0.05) is 72.3 Å². The first-order chi connectivity index (χ1) is 18.8. The molecule has 0 unspecified atom stereocenters. The molecular weight excluding hydrogens is 540 g/mol. The first kappa shape index (κ1) is 25.9. The summed E-state index contributed by atoms with van der Waals surface area (Å²) in [5.41, 5.74) is 0.611. The van der Waals surface area contributed by atoms with E-state index in [2.05, 4.69) is 0 Å². The second-order valence-electron chi connectivity index (χ2n) is 8.33. The van der Waals surface area contributed by atoms with Crippen molar-refractivity contribution in [2.24, 2.45) is 0 Å². The highest BCUT2D eigenvalue weighted by molar-refractivity contribution is 7.87. The molecule has 5 rings (SSSR count). The fraction of sp³-hybridized carbons (Fsp3) is 0. The van der Waals surface area contributed by atoms with E-state index in [0.717, 1.165) is 9.80 Å². The second-order valence-corrected chi connectivity index (χ2v) is 10.3. The van der Waals surface area contributed by atoms with E-state index in [0.29, 0.717) is 16.9 Å². The maximum absolute atomic E-state index is 13.5. The molecule has 0 radical (unpaired) electrons. The van der Waals surface area contributed by atoms with Gasteiger partial charge in [0, 0.05) is 0 Å². The van der Waals surface area contributed by atoms with E-state index < -0.39 is 28.0 Å². The minimum absolute atomic E-state index is 0.0441. The molecule has 0 bridgehead atoms. The number of para-hydroxylation sites is 2. The topological polar surface area (TPSA) is 101 Å². The van der Waals surface area contributed by atoms with Gasteiger partial charge in [-0.05, 0) is 60.2 Å². The Morgan fingerprint density at radius 3 is 1.64 bits per heavy atom. The molecule has 194 valence electrons. The number of hydrogen-bond donors (Lipinski definition) is 0. The largest absolute Gasteiger partial charge is 0.377 e. The summed E-state index contributed by atoms with van der Waals surface area (Å²) in [5.74, 6) is -1.76. The molecule has 1 heterocycles. The quantitative estimate of drug-likeness (QED) is 0.171. The molecule has 0 aromatic heterocycles. The number of halogens is 1. The van der Waals surface area contributed by atoms with Crippen LogP contribution in [0.4, 0.5) is 16.2 Å². The van der Waals surface area contributed by atoms with Crippen LogP contribution in [0.5, 0.6) is 5.75 Å². The van der Waals surface area contributed by atoms with E-state index in [-0.39, 0.29) is 21.2 Å². The summed E-state index contributed by atoms with van der Waals surface area (Å²) in [6.07, 6.45) is 1.30. The van der Waals surface area contributed by atoms with Gasteiger partial charge in [0.05, 0.1) is 16.4 Å². The molecule has 0 spiro atoms.